The second-order valence-electron chi connectivity index (χ2n) is 10.1. The molecule has 2 aromatic carbocycles. The fourth-order valence-corrected chi connectivity index (χ4v) is 5.57. The third-order valence-electron chi connectivity index (χ3n) is 7.84. The maximum atomic E-state index is 13.6. The smallest absolute Gasteiger partial charge is 0.254 e. The molecule has 1 aliphatic carbocycles. The number of hydrogen-bond donors (Lipinski definition) is 1. The van der Waals surface area contributed by atoms with Crippen LogP contribution in [0.1, 0.15) is 66.2 Å². The lowest BCUT2D eigenvalue weighted by atomic mass is 9.85. The van der Waals surface area contributed by atoms with Gasteiger partial charge in [-0.15, -0.1) is 0 Å². The van der Waals surface area contributed by atoms with Gasteiger partial charge >= 0.3 is 0 Å². The number of nitrogens with one attached hydrogen (secondary N) is 1. The maximum Gasteiger partial charge on any atom is 0.254 e. The molecule has 0 unspecified atom stereocenters. The number of ether oxygens (including phenoxy) is 1. The highest BCUT2D eigenvalue weighted by molar-refractivity contribution is 6.06. The van der Waals surface area contributed by atoms with Gasteiger partial charge in [-0.1, -0.05) is 42.8 Å². The van der Waals surface area contributed by atoms with E-state index in [9.17, 15) is 9.59 Å². The Balaban J connectivity index is 1.31. The van der Waals surface area contributed by atoms with Crippen molar-refractivity contribution in [3.05, 3.63) is 65.5 Å². The van der Waals surface area contributed by atoms with Gasteiger partial charge in [0.05, 0.1) is 16.7 Å². The molecule has 7 heteroatoms. The number of rotatable bonds is 5. The second-order valence-corrected chi connectivity index (χ2v) is 10.1. The number of carbonyl (C=O) groups is 2. The second kappa shape index (κ2) is 9.54. The van der Waals surface area contributed by atoms with Gasteiger partial charge in [-0.3, -0.25) is 9.59 Å². The minimum atomic E-state index is -0.442. The number of aromatic nitrogens is 2. The predicted molar refractivity (Wildman–Crippen MR) is 140 cm³/mol. The molecule has 1 saturated heterocycles. The molecule has 7 nitrogen and oxygen atoms in total. The van der Waals surface area contributed by atoms with E-state index in [-0.39, 0.29) is 11.8 Å². The van der Waals surface area contributed by atoms with Crippen LogP contribution in [0.25, 0.3) is 16.6 Å². The zero-order valence-corrected chi connectivity index (χ0v) is 20.7. The average molecular weight is 485 g/mol. The average Bonchev–Trinajstić information content (AvgIpc) is 3.52. The van der Waals surface area contributed by atoms with E-state index in [0.29, 0.717) is 36.9 Å². The van der Waals surface area contributed by atoms with E-state index in [1.54, 1.807) is 0 Å². The topological polar surface area (TPSA) is 76.5 Å². The van der Waals surface area contributed by atoms with E-state index in [0.717, 1.165) is 49.0 Å². The van der Waals surface area contributed by atoms with Crippen molar-refractivity contribution in [3.63, 3.8) is 0 Å². The Labute approximate surface area is 211 Å². The molecule has 2 amide bonds. The van der Waals surface area contributed by atoms with Gasteiger partial charge in [0, 0.05) is 38.2 Å². The molecular formula is C29H32N4O3. The van der Waals surface area contributed by atoms with Crippen molar-refractivity contribution in [2.45, 2.75) is 50.5 Å². The van der Waals surface area contributed by atoms with Crippen LogP contribution < -0.4 is 5.32 Å². The summed E-state index contributed by atoms with van der Waals surface area (Å²) in [4.78, 5) is 33.4. The Bertz CT molecular complexity index is 1330. The fraction of sp³-hybridized carbons (Fsp3) is 0.414. The van der Waals surface area contributed by atoms with Crippen LogP contribution in [0.3, 0.4) is 0 Å². The molecule has 0 bridgehead atoms. The van der Waals surface area contributed by atoms with Crippen molar-refractivity contribution < 1.29 is 14.3 Å². The summed E-state index contributed by atoms with van der Waals surface area (Å²) >= 11 is 0. The number of anilines is 1. The van der Waals surface area contributed by atoms with Crippen molar-refractivity contribution in [1.82, 2.24) is 14.5 Å². The fourth-order valence-electron chi connectivity index (χ4n) is 5.57. The molecule has 1 saturated carbocycles. The molecule has 3 aromatic rings. The van der Waals surface area contributed by atoms with Crippen LogP contribution in [0.15, 0.2) is 48.5 Å². The summed E-state index contributed by atoms with van der Waals surface area (Å²) in [5.41, 5.74) is 5.29. The first kappa shape index (κ1) is 23.0. The van der Waals surface area contributed by atoms with Gasteiger partial charge in [0.2, 0.25) is 0 Å². The Morgan fingerprint density at radius 1 is 1.08 bits per heavy atom. The maximum absolute atomic E-state index is 13.6. The van der Waals surface area contributed by atoms with E-state index < -0.39 is 6.10 Å². The highest BCUT2D eigenvalue weighted by Gasteiger charge is 2.29. The van der Waals surface area contributed by atoms with Crippen molar-refractivity contribution in [1.29, 1.82) is 0 Å². The zero-order chi connectivity index (χ0) is 24.6. The van der Waals surface area contributed by atoms with Crippen molar-refractivity contribution >= 4 is 34.1 Å². The third-order valence-corrected chi connectivity index (χ3v) is 7.84. The number of aryl methyl sites for hydroxylation is 1. The van der Waals surface area contributed by atoms with E-state index in [1.807, 2.05) is 42.3 Å². The van der Waals surface area contributed by atoms with E-state index in [4.69, 9.17) is 9.72 Å². The quantitative estimate of drug-likeness (QED) is 0.560. The summed E-state index contributed by atoms with van der Waals surface area (Å²) in [7, 11) is 2.01. The number of imidazole rings is 1. The molecular weight excluding hydrogens is 452 g/mol. The van der Waals surface area contributed by atoms with Crippen molar-refractivity contribution in [3.8, 4) is 0 Å². The molecule has 0 radical (unpaired) electrons. The van der Waals surface area contributed by atoms with Crippen LogP contribution in [0.5, 0.6) is 0 Å². The van der Waals surface area contributed by atoms with Crippen LogP contribution in [0, 0.1) is 0 Å². The number of hydrogen-bond acceptors (Lipinski definition) is 4. The van der Waals surface area contributed by atoms with Crippen molar-refractivity contribution in [2.24, 2.45) is 7.05 Å². The van der Waals surface area contributed by atoms with Gasteiger partial charge in [0.1, 0.15) is 11.9 Å². The molecule has 2 aliphatic heterocycles. The van der Waals surface area contributed by atoms with Gasteiger partial charge in [-0.25, -0.2) is 4.98 Å². The molecule has 6 rings (SSSR count). The lowest BCUT2D eigenvalue weighted by Crippen LogP contribution is -2.34. The Kier molecular flexibility index (Phi) is 6.09. The Morgan fingerprint density at radius 3 is 2.58 bits per heavy atom. The van der Waals surface area contributed by atoms with Crippen LogP contribution in [-0.2, 0) is 16.6 Å². The summed E-state index contributed by atoms with van der Waals surface area (Å²) < 4.78 is 7.69. The van der Waals surface area contributed by atoms with E-state index in [2.05, 4.69) is 28.1 Å². The molecule has 2 fully saturated rings. The minimum absolute atomic E-state index is 0.0382. The predicted octanol–water partition coefficient (Wildman–Crippen LogP) is 4.89. The lowest BCUT2D eigenvalue weighted by Gasteiger charge is -2.27. The molecule has 1 aromatic heterocycles. The van der Waals surface area contributed by atoms with Crippen LogP contribution >= 0.6 is 0 Å². The van der Waals surface area contributed by atoms with Crippen LogP contribution in [0.2, 0.25) is 0 Å². The number of amides is 2. The first-order valence-corrected chi connectivity index (χ1v) is 13.0. The van der Waals surface area contributed by atoms with Crippen molar-refractivity contribution in [2.75, 3.05) is 25.0 Å². The highest BCUT2D eigenvalue weighted by Crippen LogP contribution is 2.38. The number of nitrogens with zero attached hydrogens (tertiary/aromatic N) is 3. The van der Waals surface area contributed by atoms with Gasteiger partial charge in [0.15, 0.2) is 0 Å². The normalized spacial score (nSPS) is 20.3. The van der Waals surface area contributed by atoms with E-state index >= 15 is 0 Å². The summed E-state index contributed by atoms with van der Waals surface area (Å²) in [5, 5.41) is 3.08. The summed E-state index contributed by atoms with van der Waals surface area (Å²) in [6.45, 7) is 1.83. The van der Waals surface area contributed by atoms with Crippen LogP contribution in [-0.4, -0.2) is 52.1 Å². The molecule has 186 valence electrons. The molecule has 3 heterocycles. The monoisotopic (exact) mass is 484 g/mol. The molecule has 1 atom stereocenters. The first-order chi connectivity index (χ1) is 17.6. The van der Waals surface area contributed by atoms with E-state index in [1.165, 1.54) is 17.6 Å². The largest absolute Gasteiger partial charge is 0.368 e. The molecule has 0 spiro atoms. The number of carbonyl (C=O) groups excluding carboxylic acids is 2. The summed E-state index contributed by atoms with van der Waals surface area (Å²) in [6, 6.07) is 14.0. The number of benzene rings is 2. The lowest BCUT2D eigenvalue weighted by molar-refractivity contribution is -0.124. The van der Waals surface area contributed by atoms with Gasteiger partial charge in [-0.05, 0) is 55.4 Å². The molecule has 3 aliphatic rings. The van der Waals surface area contributed by atoms with Gasteiger partial charge < -0.3 is 19.5 Å². The highest BCUT2D eigenvalue weighted by atomic mass is 16.5. The summed E-state index contributed by atoms with van der Waals surface area (Å²) in [5.74, 6) is 1.27. The summed E-state index contributed by atoms with van der Waals surface area (Å²) in [6.07, 6.45) is 7.60. The minimum Gasteiger partial charge on any atom is -0.368 e. The molecule has 1 N–H and O–H groups in total. The SMILES string of the molecule is Cn1c(C2CCC2)nc2cc(C(=O)N3CC=C(c4ccccc4)CC3)cc(NC(=O)[C@H]3CCCO3)c21. The van der Waals surface area contributed by atoms with Gasteiger partial charge in [0.25, 0.3) is 11.8 Å². The Morgan fingerprint density at radius 2 is 1.92 bits per heavy atom. The Hall–Kier alpha value is -3.45. The zero-order valence-electron chi connectivity index (χ0n) is 20.7. The first-order valence-electron chi connectivity index (χ1n) is 13.0. The third kappa shape index (κ3) is 4.22. The van der Waals surface area contributed by atoms with Crippen LogP contribution in [0.4, 0.5) is 5.69 Å². The molecule has 36 heavy (non-hydrogen) atoms. The standard InChI is InChI=1S/C29H32N4O3/c1-32-26-23(30-27(32)21-9-5-10-21)17-22(18-24(26)31-28(34)25-11-6-16-36-25)29(35)33-14-12-20(13-15-33)19-7-3-2-4-8-19/h2-4,7-8,12,17-18,21,25H,5-6,9-11,13-16H2,1H3,(H,31,34)/t25-/m1/s1. The van der Waals surface area contributed by atoms with Gasteiger partial charge in [-0.2, -0.15) is 0 Å². The number of fused-ring (bicyclic) bond motifs is 1.